The van der Waals surface area contributed by atoms with Crippen LogP contribution in [0.25, 0.3) is 0 Å². The second kappa shape index (κ2) is 6.27. The van der Waals surface area contributed by atoms with Crippen LogP contribution in [-0.4, -0.2) is 23.5 Å². The number of carbonyl (C=O) groups is 1. The monoisotopic (exact) mass is 330 g/mol. The van der Waals surface area contributed by atoms with Gasteiger partial charge in [-0.05, 0) is 31.0 Å². The third-order valence-corrected chi connectivity index (χ3v) is 3.92. The van der Waals surface area contributed by atoms with Crippen LogP contribution in [-0.2, 0) is 11.2 Å². The molecule has 1 amide bonds. The number of halogens is 1. The zero-order valence-electron chi connectivity index (χ0n) is 12.9. The molecule has 2 aromatic rings. The van der Waals surface area contributed by atoms with Gasteiger partial charge in [-0.25, -0.2) is 4.39 Å². The highest BCUT2D eigenvalue weighted by Crippen LogP contribution is 2.31. The average Bonchev–Trinajstić information content (AvgIpc) is 2.97. The maximum atomic E-state index is 13.4. The van der Waals surface area contributed by atoms with Crippen molar-refractivity contribution in [2.24, 2.45) is 0 Å². The van der Waals surface area contributed by atoms with Crippen LogP contribution in [0.3, 0.4) is 0 Å². The topological polar surface area (TPSA) is 72.7 Å². The number of para-hydroxylation sites is 1. The van der Waals surface area contributed by atoms with E-state index in [1.54, 1.807) is 4.90 Å². The molecule has 124 valence electrons. The van der Waals surface area contributed by atoms with Crippen molar-refractivity contribution < 1.29 is 18.8 Å². The van der Waals surface area contributed by atoms with E-state index in [9.17, 15) is 19.3 Å². The first kappa shape index (κ1) is 15.9. The number of hydrogen-bond donors (Lipinski definition) is 0. The lowest BCUT2D eigenvalue weighted by molar-refractivity contribution is -0.386. The summed E-state index contributed by atoms with van der Waals surface area (Å²) in [6.07, 6.45) is -0.231. The molecule has 0 aromatic heterocycles. The molecule has 0 saturated heterocycles. The number of fused-ring (bicyclic) bond motifs is 1. The quantitative estimate of drug-likeness (QED) is 0.638. The van der Waals surface area contributed by atoms with E-state index >= 15 is 0 Å². The molecule has 3 rings (SSSR count). The Labute approximate surface area is 137 Å². The number of anilines is 1. The normalized spacial score (nSPS) is 14.2. The lowest BCUT2D eigenvalue weighted by Gasteiger charge is -2.22. The predicted octanol–water partition coefficient (Wildman–Crippen LogP) is 3.09. The smallest absolute Gasteiger partial charge is 0.311 e. The van der Waals surface area contributed by atoms with Crippen molar-refractivity contribution in [3.8, 4) is 5.75 Å². The Kier molecular flexibility index (Phi) is 4.16. The molecule has 2 aromatic carbocycles. The van der Waals surface area contributed by atoms with Gasteiger partial charge in [-0.1, -0.05) is 18.2 Å². The van der Waals surface area contributed by atoms with Gasteiger partial charge in [-0.2, -0.15) is 0 Å². The van der Waals surface area contributed by atoms with E-state index < -0.39 is 16.8 Å². The molecule has 1 aliphatic heterocycles. The summed E-state index contributed by atoms with van der Waals surface area (Å²) in [6.45, 7) is 2.02. The number of nitro groups is 1. The molecule has 0 saturated carbocycles. The average molecular weight is 330 g/mol. The van der Waals surface area contributed by atoms with E-state index in [4.69, 9.17) is 4.74 Å². The van der Waals surface area contributed by atoms with E-state index in [0.29, 0.717) is 6.54 Å². The van der Waals surface area contributed by atoms with E-state index in [1.165, 1.54) is 6.92 Å². The predicted molar refractivity (Wildman–Crippen MR) is 85.6 cm³/mol. The van der Waals surface area contributed by atoms with Crippen LogP contribution >= 0.6 is 0 Å². The van der Waals surface area contributed by atoms with Crippen LogP contribution in [0.2, 0.25) is 0 Å². The second-order valence-corrected chi connectivity index (χ2v) is 5.50. The Morgan fingerprint density at radius 3 is 2.83 bits per heavy atom. The van der Waals surface area contributed by atoms with Gasteiger partial charge in [0.1, 0.15) is 5.82 Å². The number of carbonyl (C=O) groups excluding carboxylic acids is 1. The van der Waals surface area contributed by atoms with Gasteiger partial charge in [0.15, 0.2) is 6.10 Å². The summed E-state index contributed by atoms with van der Waals surface area (Å²) in [7, 11) is 0. The molecule has 1 atom stereocenters. The van der Waals surface area contributed by atoms with Gasteiger partial charge in [-0.15, -0.1) is 0 Å². The lowest BCUT2D eigenvalue weighted by Crippen LogP contribution is -2.39. The molecule has 6 nitrogen and oxygen atoms in total. The van der Waals surface area contributed by atoms with E-state index in [0.717, 1.165) is 35.9 Å². The minimum Gasteiger partial charge on any atom is -0.474 e. The van der Waals surface area contributed by atoms with Crippen LogP contribution in [0.15, 0.2) is 42.5 Å². The minimum absolute atomic E-state index is 0.256. The molecule has 0 bridgehead atoms. The Hall–Kier alpha value is -2.96. The molecule has 0 radical (unpaired) electrons. The zero-order valence-corrected chi connectivity index (χ0v) is 12.9. The van der Waals surface area contributed by atoms with Gasteiger partial charge in [0.05, 0.1) is 4.92 Å². The maximum Gasteiger partial charge on any atom is 0.311 e. The van der Waals surface area contributed by atoms with Crippen LogP contribution in [0.4, 0.5) is 15.8 Å². The lowest BCUT2D eigenvalue weighted by atomic mass is 10.2. The first-order valence-corrected chi connectivity index (χ1v) is 7.47. The third-order valence-electron chi connectivity index (χ3n) is 3.92. The van der Waals surface area contributed by atoms with Crippen molar-refractivity contribution in [1.29, 1.82) is 0 Å². The highest BCUT2D eigenvalue weighted by atomic mass is 19.1. The Morgan fingerprint density at radius 1 is 1.33 bits per heavy atom. The molecule has 0 N–H and O–H groups in total. The Bertz CT molecular complexity index is 809. The van der Waals surface area contributed by atoms with Gasteiger partial charge in [0, 0.05) is 24.4 Å². The molecule has 1 heterocycles. The zero-order chi connectivity index (χ0) is 17.3. The number of amides is 1. The van der Waals surface area contributed by atoms with Crippen molar-refractivity contribution in [1.82, 2.24) is 0 Å². The molecular formula is C17H15FN2O4. The minimum atomic E-state index is -0.975. The second-order valence-electron chi connectivity index (χ2n) is 5.50. The van der Waals surface area contributed by atoms with Crippen LogP contribution < -0.4 is 9.64 Å². The van der Waals surface area contributed by atoms with Gasteiger partial charge in [-0.3, -0.25) is 14.9 Å². The standard InChI is InChI=1S/C17H15FN2O4/c1-11(24-16-10-13(18)6-7-15(16)20(22)23)17(21)19-9-8-12-4-2-3-5-14(12)19/h2-7,10-11H,8-9H2,1H3/t11-/m1/s1. The largest absolute Gasteiger partial charge is 0.474 e. The van der Waals surface area contributed by atoms with Gasteiger partial charge in [0.2, 0.25) is 5.75 Å². The SMILES string of the molecule is C[C@@H](Oc1cc(F)ccc1[N+](=O)[O-])C(=O)N1CCc2ccccc21. The van der Waals surface area contributed by atoms with Gasteiger partial charge in [0.25, 0.3) is 5.91 Å². The summed E-state index contributed by atoms with van der Waals surface area (Å²) in [5.41, 5.74) is 1.50. The van der Waals surface area contributed by atoms with Gasteiger partial charge >= 0.3 is 5.69 Å². The van der Waals surface area contributed by atoms with Crippen molar-refractivity contribution in [2.75, 3.05) is 11.4 Å². The number of rotatable bonds is 4. The molecule has 24 heavy (non-hydrogen) atoms. The fraction of sp³-hybridized carbons (Fsp3) is 0.235. The molecule has 0 spiro atoms. The van der Waals surface area contributed by atoms with Crippen molar-refractivity contribution in [2.45, 2.75) is 19.4 Å². The highest BCUT2D eigenvalue weighted by molar-refractivity contribution is 5.98. The van der Waals surface area contributed by atoms with Crippen LogP contribution in [0.1, 0.15) is 12.5 Å². The molecule has 7 heteroatoms. The fourth-order valence-electron chi connectivity index (χ4n) is 2.76. The third kappa shape index (κ3) is 2.92. The summed E-state index contributed by atoms with van der Waals surface area (Å²) in [5, 5.41) is 11.0. The summed E-state index contributed by atoms with van der Waals surface area (Å²) in [5.74, 6) is -1.24. The first-order valence-electron chi connectivity index (χ1n) is 7.47. The number of nitrogens with zero attached hydrogens (tertiary/aromatic N) is 2. The van der Waals surface area contributed by atoms with Crippen molar-refractivity contribution in [3.63, 3.8) is 0 Å². The highest BCUT2D eigenvalue weighted by Gasteiger charge is 2.30. The fourth-order valence-corrected chi connectivity index (χ4v) is 2.76. The van der Waals surface area contributed by atoms with Crippen molar-refractivity contribution >= 4 is 17.3 Å². The number of nitro benzene ring substituents is 1. The maximum absolute atomic E-state index is 13.4. The van der Waals surface area contributed by atoms with Gasteiger partial charge < -0.3 is 9.64 Å². The molecule has 0 aliphatic carbocycles. The molecule has 1 aliphatic rings. The summed E-state index contributed by atoms with van der Waals surface area (Å²) >= 11 is 0. The van der Waals surface area contributed by atoms with E-state index in [-0.39, 0.29) is 17.3 Å². The van der Waals surface area contributed by atoms with Crippen LogP contribution in [0, 0.1) is 15.9 Å². The molecule has 0 unspecified atom stereocenters. The summed E-state index contributed by atoms with van der Waals surface area (Å²) in [6, 6.07) is 10.5. The summed E-state index contributed by atoms with van der Waals surface area (Å²) in [4.78, 5) is 24.5. The van der Waals surface area contributed by atoms with Crippen molar-refractivity contribution in [3.05, 3.63) is 64.0 Å². The number of benzene rings is 2. The van der Waals surface area contributed by atoms with E-state index in [2.05, 4.69) is 0 Å². The van der Waals surface area contributed by atoms with Crippen LogP contribution in [0.5, 0.6) is 5.75 Å². The number of hydrogen-bond acceptors (Lipinski definition) is 4. The first-order chi connectivity index (χ1) is 11.5. The molecule has 0 fully saturated rings. The Morgan fingerprint density at radius 2 is 2.08 bits per heavy atom. The molecular weight excluding hydrogens is 315 g/mol. The van der Waals surface area contributed by atoms with E-state index in [1.807, 2.05) is 24.3 Å². The summed E-state index contributed by atoms with van der Waals surface area (Å²) < 4.78 is 18.8. The number of ether oxygens (including phenoxy) is 1. The Balaban J connectivity index is 1.81.